The summed E-state index contributed by atoms with van der Waals surface area (Å²) in [5.74, 6) is -0.162. The molecule has 2 amide bonds. The second kappa shape index (κ2) is 14.0. The van der Waals surface area contributed by atoms with Crippen LogP contribution in [0.2, 0.25) is 0 Å². The van der Waals surface area contributed by atoms with Crippen molar-refractivity contribution in [3.63, 3.8) is 0 Å². The lowest BCUT2D eigenvalue weighted by Gasteiger charge is -2.31. The largest absolute Gasteiger partial charge is 0.385 e. The molecule has 0 aliphatic heterocycles. The fourth-order valence-electron chi connectivity index (χ4n) is 3.92. The summed E-state index contributed by atoms with van der Waals surface area (Å²) < 4.78 is 5.10. The maximum absolute atomic E-state index is 13.6. The minimum Gasteiger partial charge on any atom is -0.385 e. The van der Waals surface area contributed by atoms with Crippen LogP contribution in [-0.4, -0.2) is 43.0 Å². The maximum Gasteiger partial charge on any atom is 0.243 e. The van der Waals surface area contributed by atoms with Gasteiger partial charge in [0.2, 0.25) is 11.8 Å². The van der Waals surface area contributed by atoms with Gasteiger partial charge in [0.15, 0.2) is 0 Å². The number of benzene rings is 3. The van der Waals surface area contributed by atoms with Gasteiger partial charge in [-0.15, -0.1) is 0 Å². The van der Waals surface area contributed by atoms with Crippen LogP contribution in [0.15, 0.2) is 91.0 Å². The molecule has 178 valence electrons. The number of hydrogen-bond acceptors (Lipinski definition) is 3. The number of ether oxygens (including phenoxy) is 1. The first-order valence-electron chi connectivity index (χ1n) is 11.8. The zero-order valence-corrected chi connectivity index (χ0v) is 19.9. The minimum atomic E-state index is -0.603. The molecule has 0 radical (unpaired) electrons. The molecule has 1 unspecified atom stereocenters. The highest BCUT2D eigenvalue weighted by Crippen LogP contribution is 2.17. The van der Waals surface area contributed by atoms with E-state index in [-0.39, 0.29) is 11.8 Å². The molecule has 0 heterocycles. The molecule has 34 heavy (non-hydrogen) atoms. The quantitative estimate of drug-likeness (QED) is 0.386. The normalized spacial score (nSPS) is 11.6. The summed E-state index contributed by atoms with van der Waals surface area (Å²) in [5.41, 5.74) is 3.13. The Morgan fingerprint density at radius 3 is 1.97 bits per heavy atom. The average Bonchev–Trinajstić information content (AvgIpc) is 2.89. The third-order valence-corrected chi connectivity index (χ3v) is 5.76. The van der Waals surface area contributed by atoms with Crippen molar-refractivity contribution < 1.29 is 14.3 Å². The Morgan fingerprint density at radius 2 is 1.38 bits per heavy atom. The second-order valence-electron chi connectivity index (χ2n) is 8.34. The Kier molecular flexibility index (Phi) is 10.3. The number of hydrogen-bond donors (Lipinski definition) is 1. The molecule has 0 aromatic heterocycles. The van der Waals surface area contributed by atoms with Crippen molar-refractivity contribution >= 4 is 11.8 Å². The SMILES string of the molecule is COCCCNC(=O)C(Cc1ccccc1)N(Cc1ccccc1)C(=O)CCc1ccccc1. The Bertz CT molecular complexity index is 994. The first-order chi connectivity index (χ1) is 16.7. The monoisotopic (exact) mass is 458 g/mol. The molecule has 0 saturated heterocycles. The van der Waals surface area contributed by atoms with E-state index in [1.807, 2.05) is 91.0 Å². The van der Waals surface area contributed by atoms with E-state index in [4.69, 9.17) is 4.74 Å². The van der Waals surface area contributed by atoms with Crippen LogP contribution in [0.3, 0.4) is 0 Å². The van der Waals surface area contributed by atoms with Gasteiger partial charge in [-0.25, -0.2) is 0 Å². The third kappa shape index (κ3) is 8.16. The summed E-state index contributed by atoms with van der Waals surface area (Å²) in [6.45, 7) is 1.47. The first-order valence-corrected chi connectivity index (χ1v) is 11.8. The average molecular weight is 459 g/mol. The van der Waals surface area contributed by atoms with E-state index in [9.17, 15) is 9.59 Å². The molecule has 0 fully saturated rings. The second-order valence-corrected chi connectivity index (χ2v) is 8.34. The van der Waals surface area contributed by atoms with Gasteiger partial charge in [-0.1, -0.05) is 91.0 Å². The fraction of sp³-hybridized carbons (Fsp3) is 0.310. The maximum atomic E-state index is 13.6. The van der Waals surface area contributed by atoms with Crippen LogP contribution in [0, 0.1) is 0 Å². The van der Waals surface area contributed by atoms with Gasteiger partial charge in [0.1, 0.15) is 6.04 Å². The molecule has 1 atom stereocenters. The first kappa shape index (κ1) is 25.2. The van der Waals surface area contributed by atoms with Crippen molar-refractivity contribution in [1.82, 2.24) is 10.2 Å². The topological polar surface area (TPSA) is 58.6 Å². The van der Waals surface area contributed by atoms with Crippen molar-refractivity contribution in [3.8, 4) is 0 Å². The van der Waals surface area contributed by atoms with Crippen LogP contribution in [0.5, 0.6) is 0 Å². The van der Waals surface area contributed by atoms with Crippen molar-refractivity contribution in [1.29, 1.82) is 0 Å². The van der Waals surface area contributed by atoms with Gasteiger partial charge >= 0.3 is 0 Å². The molecule has 3 aromatic rings. The van der Waals surface area contributed by atoms with Crippen LogP contribution in [0.25, 0.3) is 0 Å². The van der Waals surface area contributed by atoms with Crippen LogP contribution in [-0.2, 0) is 33.7 Å². The molecule has 3 rings (SSSR count). The highest BCUT2D eigenvalue weighted by molar-refractivity contribution is 5.88. The smallest absolute Gasteiger partial charge is 0.243 e. The summed E-state index contributed by atoms with van der Waals surface area (Å²) in [4.78, 5) is 28.7. The fourth-order valence-corrected chi connectivity index (χ4v) is 3.92. The number of nitrogens with zero attached hydrogens (tertiary/aromatic N) is 1. The highest BCUT2D eigenvalue weighted by Gasteiger charge is 2.30. The third-order valence-electron chi connectivity index (χ3n) is 5.76. The van der Waals surface area contributed by atoms with Crippen molar-refractivity contribution in [2.45, 2.75) is 38.3 Å². The number of carbonyl (C=O) groups is 2. The number of amides is 2. The van der Waals surface area contributed by atoms with Crippen LogP contribution >= 0.6 is 0 Å². The Morgan fingerprint density at radius 1 is 0.824 bits per heavy atom. The molecule has 3 aromatic carbocycles. The highest BCUT2D eigenvalue weighted by atomic mass is 16.5. The van der Waals surface area contributed by atoms with E-state index >= 15 is 0 Å². The van der Waals surface area contributed by atoms with E-state index in [0.717, 1.165) is 23.1 Å². The standard InChI is InChI=1S/C29H34N2O3/c1-34-21-11-20-30-29(33)27(22-25-14-7-3-8-15-25)31(23-26-16-9-4-10-17-26)28(32)19-18-24-12-5-2-6-13-24/h2-10,12-17,27H,11,18-23H2,1H3,(H,30,33). The lowest BCUT2D eigenvalue weighted by molar-refractivity contribution is -0.141. The molecule has 5 heteroatoms. The molecule has 5 nitrogen and oxygen atoms in total. The van der Waals surface area contributed by atoms with Gasteiger partial charge in [-0.05, 0) is 29.5 Å². The predicted molar refractivity (Wildman–Crippen MR) is 135 cm³/mol. The zero-order valence-electron chi connectivity index (χ0n) is 19.9. The molecule has 0 bridgehead atoms. The number of aryl methyl sites for hydroxylation is 1. The summed E-state index contributed by atoms with van der Waals surface area (Å²) in [6.07, 6.45) is 2.17. The summed E-state index contributed by atoms with van der Waals surface area (Å²) >= 11 is 0. The Balaban J connectivity index is 1.83. The van der Waals surface area contributed by atoms with E-state index in [1.165, 1.54) is 0 Å². The van der Waals surface area contributed by atoms with Gasteiger partial charge in [-0.2, -0.15) is 0 Å². The number of methoxy groups -OCH3 is 1. The Hall–Kier alpha value is -3.44. The van der Waals surface area contributed by atoms with Crippen LogP contribution < -0.4 is 5.32 Å². The van der Waals surface area contributed by atoms with Crippen molar-refractivity contribution in [2.24, 2.45) is 0 Å². The Labute approximate surface area is 202 Å². The molecule has 0 spiro atoms. The number of nitrogens with one attached hydrogen (secondary N) is 1. The molecule has 0 saturated carbocycles. The summed E-state index contributed by atoms with van der Waals surface area (Å²) in [7, 11) is 1.65. The number of carbonyl (C=O) groups excluding carboxylic acids is 2. The zero-order chi connectivity index (χ0) is 24.0. The lowest BCUT2D eigenvalue weighted by Crippen LogP contribution is -2.50. The van der Waals surface area contributed by atoms with E-state index < -0.39 is 6.04 Å². The predicted octanol–water partition coefficient (Wildman–Crippen LogP) is 4.41. The van der Waals surface area contributed by atoms with E-state index in [0.29, 0.717) is 39.0 Å². The summed E-state index contributed by atoms with van der Waals surface area (Å²) in [5, 5.41) is 3.02. The van der Waals surface area contributed by atoms with Gasteiger partial charge in [0.25, 0.3) is 0 Å². The lowest BCUT2D eigenvalue weighted by atomic mass is 10.0. The van der Waals surface area contributed by atoms with Crippen molar-refractivity contribution in [3.05, 3.63) is 108 Å². The van der Waals surface area contributed by atoms with Gasteiger partial charge in [0.05, 0.1) is 0 Å². The minimum absolute atomic E-state index is 0.0271. The van der Waals surface area contributed by atoms with Crippen LogP contribution in [0.1, 0.15) is 29.5 Å². The molecular weight excluding hydrogens is 424 g/mol. The van der Waals surface area contributed by atoms with Gasteiger partial charge < -0.3 is 15.0 Å². The molecule has 0 aliphatic carbocycles. The molecular formula is C29H34N2O3. The summed E-state index contributed by atoms with van der Waals surface area (Å²) in [6, 6.07) is 29.1. The molecule has 1 N–H and O–H groups in total. The number of rotatable bonds is 13. The van der Waals surface area contributed by atoms with Crippen molar-refractivity contribution in [2.75, 3.05) is 20.3 Å². The molecule has 0 aliphatic rings. The van der Waals surface area contributed by atoms with Crippen LogP contribution in [0.4, 0.5) is 0 Å². The van der Waals surface area contributed by atoms with E-state index in [2.05, 4.69) is 5.32 Å². The van der Waals surface area contributed by atoms with Gasteiger partial charge in [0, 0.05) is 39.6 Å². The van der Waals surface area contributed by atoms with Gasteiger partial charge in [-0.3, -0.25) is 9.59 Å². The van der Waals surface area contributed by atoms with E-state index in [1.54, 1.807) is 12.0 Å².